The van der Waals surface area contributed by atoms with E-state index in [1.165, 1.54) is 24.4 Å². The molecule has 0 fully saturated rings. The maximum atomic E-state index is 13.4. The zero-order valence-corrected chi connectivity index (χ0v) is 9.01. The van der Waals surface area contributed by atoms with Crippen LogP contribution in [0.15, 0.2) is 42.4 Å². The van der Waals surface area contributed by atoms with Gasteiger partial charge in [0.25, 0.3) is 0 Å². The average molecular weight is 238 g/mol. The molecule has 2 unspecified atom stereocenters. The molecule has 0 aromatic carbocycles. The van der Waals surface area contributed by atoms with Gasteiger partial charge in [-0.15, -0.1) is 0 Å². The number of hydrogen-bond donors (Lipinski definition) is 1. The Bertz CT molecular complexity index is 460. The largest absolute Gasteiger partial charge is 0.489 e. The quantitative estimate of drug-likeness (QED) is 0.879. The Kier molecular flexibility index (Phi) is 3.37. The molecule has 1 aliphatic carbocycles. The second-order valence-corrected chi connectivity index (χ2v) is 3.69. The first-order valence-electron chi connectivity index (χ1n) is 5.19. The van der Waals surface area contributed by atoms with Gasteiger partial charge < -0.3 is 10.5 Å². The molecular formula is C12H12F2N2O. The number of ether oxygens (including phenoxy) is 1. The number of pyridine rings is 1. The van der Waals surface area contributed by atoms with Gasteiger partial charge in [0.05, 0.1) is 5.92 Å². The molecule has 2 rings (SSSR count). The molecule has 0 spiro atoms. The van der Waals surface area contributed by atoms with Gasteiger partial charge in [-0.3, -0.25) is 0 Å². The highest BCUT2D eigenvalue weighted by atomic mass is 19.1. The molecule has 2 atom stereocenters. The molecule has 0 amide bonds. The van der Waals surface area contributed by atoms with Crippen LogP contribution < -0.4 is 10.5 Å². The van der Waals surface area contributed by atoms with Gasteiger partial charge in [-0.25, -0.2) is 13.8 Å². The lowest BCUT2D eigenvalue weighted by molar-refractivity contribution is 0.183. The number of allylic oxidation sites excluding steroid dienone is 3. The molecule has 90 valence electrons. The van der Waals surface area contributed by atoms with Crippen LogP contribution in [-0.4, -0.2) is 17.8 Å². The Balaban J connectivity index is 2.01. The summed E-state index contributed by atoms with van der Waals surface area (Å²) in [5.41, 5.74) is 5.55. The van der Waals surface area contributed by atoms with Gasteiger partial charge >= 0.3 is 0 Å². The predicted molar refractivity (Wildman–Crippen MR) is 60.9 cm³/mol. The van der Waals surface area contributed by atoms with Crippen molar-refractivity contribution >= 4 is 5.82 Å². The fourth-order valence-corrected chi connectivity index (χ4v) is 1.54. The van der Waals surface area contributed by atoms with E-state index < -0.39 is 17.9 Å². The zero-order chi connectivity index (χ0) is 12.3. The number of alkyl halides is 1. The summed E-state index contributed by atoms with van der Waals surface area (Å²) in [4.78, 5) is 3.82. The molecule has 0 bridgehead atoms. The Labute approximate surface area is 97.6 Å². The van der Waals surface area contributed by atoms with Gasteiger partial charge in [0.2, 0.25) is 0 Å². The second-order valence-electron chi connectivity index (χ2n) is 3.69. The summed E-state index contributed by atoms with van der Waals surface area (Å²) in [7, 11) is 0. The molecule has 17 heavy (non-hydrogen) atoms. The number of anilines is 1. The fourth-order valence-electron chi connectivity index (χ4n) is 1.54. The third-order valence-electron chi connectivity index (χ3n) is 2.51. The third kappa shape index (κ3) is 2.61. The highest BCUT2D eigenvalue weighted by molar-refractivity contribution is 5.44. The van der Waals surface area contributed by atoms with Crippen LogP contribution in [0, 0.1) is 5.92 Å². The van der Waals surface area contributed by atoms with Crippen molar-refractivity contribution in [2.75, 3.05) is 12.3 Å². The maximum absolute atomic E-state index is 13.4. The predicted octanol–water partition coefficient (Wildman–Crippen LogP) is 2.42. The minimum Gasteiger partial charge on any atom is -0.489 e. The van der Waals surface area contributed by atoms with Gasteiger partial charge in [-0.1, -0.05) is 6.08 Å². The summed E-state index contributed by atoms with van der Waals surface area (Å²) in [5.74, 6) is -0.900. The number of nitrogens with zero attached hydrogens (tertiary/aromatic N) is 1. The summed E-state index contributed by atoms with van der Waals surface area (Å²) < 4.78 is 32.0. The lowest BCUT2D eigenvalue weighted by atomic mass is 9.98. The van der Waals surface area contributed by atoms with E-state index in [0.29, 0.717) is 5.75 Å². The minimum atomic E-state index is -1.38. The number of rotatable bonds is 3. The monoisotopic (exact) mass is 238 g/mol. The summed E-state index contributed by atoms with van der Waals surface area (Å²) in [5, 5.41) is 0. The van der Waals surface area contributed by atoms with Crippen molar-refractivity contribution in [3.05, 3.63) is 42.4 Å². The lowest BCUT2D eigenvalue weighted by Gasteiger charge is -2.20. The molecule has 1 heterocycles. The maximum Gasteiger partial charge on any atom is 0.166 e. The molecule has 1 aromatic rings. The topological polar surface area (TPSA) is 48.1 Å². The van der Waals surface area contributed by atoms with Crippen molar-refractivity contribution in [1.82, 2.24) is 4.98 Å². The van der Waals surface area contributed by atoms with Crippen molar-refractivity contribution < 1.29 is 13.5 Å². The number of nitrogen functional groups attached to an aromatic ring is 1. The van der Waals surface area contributed by atoms with Crippen LogP contribution in [0.4, 0.5) is 14.6 Å². The van der Waals surface area contributed by atoms with Crippen LogP contribution in [0.5, 0.6) is 5.75 Å². The normalized spacial score (nSPS) is 23.3. The van der Waals surface area contributed by atoms with Gasteiger partial charge in [0.1, 0.15) is 18.6 Å². The van der Waals surface area contributed by atoms with Crippen LogP contribution in [0.2, 0.25) is 0 Å². The first-order valence-corrected chi connectivity index (χ1v) is 5.19. The number of halogens is 2. The molecule has 3 nitrogen and oxygen atoms in total. The number of hydrogen-bond acceptors (Lipinski definition) is 3. The van der Waals surface area contributed by atoms with Gasteiger partial charge in [-0.2, -0.15) is 0 Å². The fraction of sp³-hybridized carbons (Fsp3) is 0.250. The number of nitrogens with two attached hydrogens (primary N) is 1. The number of aromatic nitrogens is 1. The first-order chi connectivity index (χ1) is 8.18. The smallest absolute Gasteiger partial charge is 0.166 e. The SMILES string of the molecule is Nc1ncccc1OCC1C(F)=CC=CC1F. The van der Waals surface area contributed by atoms with E-state index in [0.717, 1.165) is 0 Å². The summed E-state index contributed by atoms with van der Waals surface area (Å²) >= 11 is 0. The van der Waals surface area contributed by atoms with E-state index in [9.17, 15) is 8.78 Å². The molecule has 1 aliphatic rings. The first kappa shape index (κ1) is 11.6. The van der Waals surface area contributed by atoms with Gasteiger partial charge in [0, 0.05) is 6.20 Å². The van der Waals surface area contributed by atoms with Crippen LogP contribution in [0.3, 0.4) is 0 Å². The summed E-state index contributed by atoms with van der Waals surface area (Å²) in [6.45, 7) is -0.107. The molecule has 0 saturated heterocycles. The van der Waals surface area contributed by atoms with E-state index in [-0.39, 0.29) is 12.4 Å². The zero-order valence-electron chi connectivity index (χ0n) is 9.01. The Morgan fingerprint density at radius 2 is 2.29 bits per heavy atom. The third-order valence-corrected chi connectivity index (χ3v) is 2.51. The second kappa shape index (κ2) is 4.95. The van der Waals surface area contributed by atoms with Crippen LogP contribution in [0.1, 0.15) is 0 Å². The van der Waals surface area contributed by atoms with Crippen molar-refractivity contribution in [2.45, 2.75) is 6.17 Å². The lowest BCUT2D eigenvalue weighted by Crippen LogP contribution is -2.24. The molecule has 2 N–H and O–H groups in total. The van der Waals surface area contributed by atoms with Crippen molar-refractivity contribution in [2.24, 2.45) is 5.92 Å². The van der Waals surface area contributed by atoms with E-state index in [1.807, 2.05) is 0 Å². The molecule has 0 saturated carbocycles. The van der Waals surface area contributed by atoms with E-state index >= 15 is 0 Å². The Hall–Kier alpha value is -1.91. The highest BCUT2D eigenvalue weighted by Crippen LogP contribution is 2.26. The van der Waals surface area contributed by atoms with Gasteiger partial charge in [-0.05, 0) is 24.3 Å². The van der Waals surface area contributed by atoms with E-state index in [1.54, 1.807) is 12.1 Å². The average Bonchev–Trinajstić information content (AvgIpc) is 2.30. The van der Waals surface area contributed by atoms with Gasteiger partial charge in [0.15, 0.2) is 11.6 Å². The molecule has 1 aromatic heterocycles. The van der Waals surface area contributed by atoms with Crippen LogP contribution >= 0.6 is 0 Å². The van der Waals surface area contributed by atoms with E-state index in [2.05, 4.69) is 4.98 Å². The van der Waals surface area contributed by atoms with Crippen LogP contribution in [-0.2, 0) is 0 Å². The molecule has 0 aliphatic heterocycles. The standard InChI is InChI=1S/C12H12F2N2O/c13-9-3-1-4-10(14)8(9)7-17-11-5-2-6-16-12(11)15/h1-6,8-9H,7H2,(H2,15,16). The minimum absolute atomic E-state index is 0.107. The van der Waals surface area contributed by atoms with Crippen molar-refractivity contribution in [1.29, 1.82) is 0 Å². The summed E-state index contributed by atoms with van der Waals surface area (Å²) in [6, 6.07) is 3.25. The molecular weight excluding hydrogens is 226 g/mol. The van der Waals surface area contributed by atoms with Crippen LogP contribution in [0.25, 0.3) is 0 Å². The van der Waals surface area contributed by atoms with E-state index in [4.69, 9.17) is 10.5 Å². The highest BCUT2D eigenvalue weighted by Gasteiger charge is 2.26. The molecule has 0 radical (unpaired) electrons. The van der Waals surface area contributed by atoms with Crippen molar-refractivity contribution in [3.8, 4) is 5.75 Å². The van der Waals surface area contributed by atoms with Crippen molar-refractivity contribution in [3.63, 3.8) is 0 Å². The summed E-state index contributed by atoms with van der Waals surface area (Å²) in [6.07, 6.45) is 4.03. The molecule has 5 heteroatoms. The Morgan fingerprint density at radius 1 is 1.47 bits per heavy atom. The Morgan fingerprint density at radius 3 is 3.00 bits per heavy atom.